The van der Waals surface area contributed by atoms with Crippen LogP contribution in [0.1, 0.15) is 17.4 Å². The van der Waals surface area contributed by atoms with Gasteiger partial charge >= 0.3 is 0 Å². The van der Waals surface area contributed by atoms with Crippen LogP contribution in [-0.4, -0.2) is 42.9 Å². The largest absolute Gasteiger partial charge is 0.492 e. The number of hydrogen-bond acceptors (Lipinski definition) is 4. The molecule has 0 aromatic carbocycles. The normalized spacial score (nSPS) is 10.4. The van der Waals surface area contributed by atoms with Gasteiger partial charge in [0, 0.05) is 25.7 Å². The zero-order chi connectivity index (χ0) is 11.3. The first kappa shape index (κ1) is 11.7. The summed E-state index contributed by atoms with van der Waals surface area (Å²) in [5.74, 6) is 0.644. The quantitative estimate of drug-likeness (QED) is 0.682. The van der Waals surface area contributed by atoms with E-state index in [0.717, 1.165) is 6.54 Å². The molecule has 0 spiro atoms. The van der Waals surface area contributed by atoms with Crippen molar-refractivity contribution in [2.24, 2.45) is 0 Å². The Morgan fingerprint density at radius 1 is 1.53 bits per heavy atom. The number of aromatic nitrogens is 1. The number of rotatable bonds is 5. The van der Waals surface area contributed by atoms with E-state index in [4.69, 9.17) is 4.74 Å². The van der Waals surface area contributed by atoms with Gasteiger partial charge in [0.25, 0.3) is 0 Å². The summed E-state index contributed by atoms with van der Waals surface area (Å²) in [6, 6.07) is 3.42. The number of Topliss-reactive ketones (excluding diaryl/α,β-unsaturated/α-hetero) is 1. The lowest BCUT2D eigenvalue weighted by Crippen LogP contribution is -2.19. The molecule has 0 aliphatic heterocycles. The van der Waals surface area contributed by atoms with Gasteiger partial charge < -0.3 is 9.64 Å². The average molecular weight is 208 g/mol. The molecule has 1 rings (SSSR count). The molecule has 0 amide bonds. The zero-order valence-corrected chi connectivity index (χ0v) is 9.36. The number of likely N-dealkylation sites (N-methyl/N-ethyl adjacent to an activating group) is 1. The fraction of sp³-hybridized carbons (Fsp3) is 0.455. The summed E-state index contributed by atoms with van der Waals surface area (Å²) in [6.45, 7) is 2.94. The Kier molecular flexibility index (Phi) is 4.24. The van der Waals surface area contributed by atoms with Crippen LogP contribution in [0.3, 0.4) is 0 Å². The Hall–Kier alpha value is -1.42. The Bertz CT molecular complexity index is 337. The minimum atomic E-state index is -0.0481. The number of pyridine rings is 1. The van der Waals surface area contributed by atoms with E-state index < -0.39 is 0 Å². The third-order valence-corrected chi connectivity index (χ3v) is 1.90. The second-order valence-electron chi connectivity index (χ2n) is 3.58. The van der Waals surface area contributed by atoms with Gasteiger partial charge in [0.05, 0.1) is 0 Å². The maximum atomic E-state index is 11.1. The summed E-state index contributed by atoms with van der Waals surface area (Å²) in [5, 5.41) is 0. The first-order valence-electron chi connectivity index (χ1n) is 4.84. The summed E-state index contributed by atoms with van der Waals surface area (Å²) in [6.07, 6.45) is 1.59. The maximum absolute atomic E-state index is 11.1. The van der Waals surface area contributed by atoms with Gasteiger partial charge in [-0.25, -0.2) is 0 Å². The molecular weight excluding hydrogens is 192 g/mol. The molecule has 1 aromatic rings. The van der Waals surface area contributed by atoms with Gasteiger partial charge in [0.15, 0.2) is 5.78 Å². The van der Waals surface area contributed by atoms with Crippen LogP contribution in [0.4, 0.5) is 0 Å². The van der Waals surface area contributed by atoms with E-state index in [1.807, 2.05) is 19.0 Å². The van der Waals surface area contributed by atoms with Crippen molar-refractivity contribution < 1.29 is 9.53 Å². The third-order valence-electron chi connectivity index (χ3n) is 1.90. The van der Waals surface area contributed by atoms with Crippen LogP contribution < -0.4 is 4.74 Å². The molecule has 4 nitrogen and oxygen atoms in total. The SMILES string of the molecule is CC(=O)c1cc(OCCN(C)C)ccn1. The first-order valence-corrected chi connectivity index (χ1v) is 4.84. The van der Waals surface area contributed by atoms with Crippen molar-refractivity contribution >= 4 is 5.78 Å². The molecule has 0 radical (unpaired) electrons. The van der Waals surface area contributed by atoms with E-state index in [-0.39, 0.29) is 5.78 Å². The van der Waals surface area contributed by atoms with Crippen molar-refractivity contribution in [3.8, 4) is 5.75 Å². The van der Waals surface area contributed by atoms with E-state index >= 15 is 0 Å². The van der Waals surface area contributed by atoms with Gasteiger partial charge in [-0.3, -0.25) is 9.78 Å². The molecule has 0 N–H and O–H groups in total. The molecule has 0 aliphatic carbocycles. The molecule has 1 heterocycles. The summed E-state index contributed by atoms with van der Waals surface area (Å²) < 4.78 is 5.47. The van der Waals surface area contributed by atoms with E-state index in [9.17, 15) is 4.79 Å². The Morgan fingerprint density at radius 3 is 2.87 bits per heavy atom. The molecule has 15 heavy (non-hydrogen) atoms. The molecule has 0 aliphatic rings. The topological polar surface area (TPSA) is 42.4 Å². The molecule has 0 saturated heterocycles. The number of carbonyl (C=O) groups is 1. The van der Waals surface area contributed by atoms with Crippen LogP contribution in [0, 0.1) is 0 Å². The summed E-state index contributed by atoms with van der Waals surface area (Å²) >= 11 is 0. The lowest BCUT2D eigenvalue weighted by molar-refractivity contribution is 0.101. The number of ketones is 1. The van der Waals surface area contributed by atoms with Crippen LogP contribution in [0.15, 0.2) is 18.3 Å². The highest BCUT2D eigenvalue weighted by molar-refractivity contribution is 5.92. The number of hydrogen-bond donors (Lipinski definition) is 0. The first-order chi connectivity index (χ1) is 7.09. The van der Waals surface area contributed by atoms with Gasteiger partial charge in [-0.2, -0.15) is 0 Å². The molecule has 1 aromatic heterocycles. The zero-order valence-electron chi connectivity index (χ0n) is 9.36. The summed E-state index contributed by atoms with van der Waals surface area (Å²) in [4.78, 5) is 17.0. The minimum Gasteiger partial charge on any atom is -0.492 e. The van der Waals surface area contributed by atoms with Crippen molar-refractivity contribution in [2.45, 2.75) is 6.92 Å². The number of ether oxygens (including phenoxy) is 1. The van der Waals surface area contributed by atoms with E-state index in [0.29, 0.717) is 18.1 Å². The Morgan fingerprint density at radius 2 is 2.27 bits per heavy atom. The van der Waals surface area contributed by atoms with Crippen LogP contribution in [-0.2, 0) is 0 Å². The molecule has 82 valence electrons. The van der Waals surface area contributed by atoms with Gasteiger partial charge in [-0.15, -0.1) is 0 Å². The van der Waals surface area contributed by atoms with E-state index in [1.54, 1.807) is 18.3 Å². The van der Waals surface area contributed by atoms with Crippen LogP contribution in [0.25, 0.3) is 0 Å². The second kappa shape index (κ2) is 5.46. The smallest absolute Gasteiger partial charge is 0.178 e. The Labute approximate surface area is 89.9 Å². The van der Waals surface area contributed by atoms with E-state index in [2.05, 4.69) is 4.98 Å². The fourth-order valence-corrected chi connectivity index (χ4v) is 1.04. The lowest BCUT2D eigenvalue weighted by Gasteiger charge is -2.10. The molecule has 0 atom stereocenters. The Balaban J connectivity index is 2.54. The summed E-state index contributed by atoms with van der Waals surface area (Å²) in [7, 11) is 3.97. The van der Waals surface area contributed by atoms with Crippen molar-refractivity contribution in [3.63, 3.8) is 0 Å². The monoisotopic (exact) mass is 208 g/mol. The predicted octanol–water partition coefficient (Wildman–Crippen LogP) is 1.22. The highest BCUT2D eigenvalue weighted by atomic mass is 16.5. The van der Waals surface area contributed by atoms with Crippen LogP contribution >= 0.6 is 0 Å². The third kappa shape index (κ3) is 4.08. The van der Waals surface area contributed by atoms with Crippen molar-refractivity contribution in [3.05, 3.63) is 24.0 Å². The molecule has 0 saturated carbocycles. The molecular formula is C11H16N2O2. The fourth-order valence-electron chi connectivity index (χ4n) is 1.04. The number of carbonyl (C=O) groups excluding carboxylic acids is 1. The van der Waals surface area contributed by atoms with Gasteiger partial charge in [-0.1, -0.05) is 0 Å². The van der Waals surface area contributed by atoms with Crippen LogP contribution in [0.2, 0.25) is 0 Å². The maximum Gasteiger partial charge on any atom is 0.178 e. The van der Waals surface area contributed by atoms with Gasteiger partial charge in [-0.05, 0) is 20.2 Å². The highest BCUT2D eigenvalue weighted by Gasteiger charge is 2.02. The minimum absolute atomic E-state index is 0.0481. The average Bonchev–Trinajstić information content (AvgIpc) is 2.17. The van der Waals surface area contributed by atoms with Crippen molar-refractivity contribution in [1.82, 2.24) is 9.88 Å². The second-order valence-corrected chi connectivity index (χ2v) is 3.58. The van der Waals surface area contributed by atoms with Crippen LogP contribution in [0.5, 0.6) is 5.75 Å². The lowest BCUT2D eigenvalue weighted by atomic mass is 10.2. The molecule has 0 fully saturated rings. The van der Waals surface area contributed by atoms with E-state index in [1.165, 1.54) is 6.92 Å². The molecule has 0 bridgehead atoms. The standard InChI is InChI=1S/C11H16N2O2/c1-9(14)11-8-10(4-5-12-11)15-7-6-13(2)3/h4-5,8H,6-7H2,1-3H3. The summed E-state index contributed by atoms with van der Waals surface area (Å²) in [5.41, 5.74) is 0.442. The molecule has 0 unspecified atom stereocenters. The van der Waals surface area contributed by atoms with Crippen molar-refractivity contribution in [1.29, 1.82) is 0 Å². The predicted molar refractivity (Wildman–Crippen MR) is 58.3 cm³/mol. The molecule has 4 heteroatoms. The van der Waals surface area contributed by atoms with Gasteiger partial charge in [0.1, 0.15) is 18.1 Å². The highest BCUT2D eigenvalue weighted by Crippen LogP contribution is 2.10. The van der Waals surface area contributed by atoms with Crippen molar-refractivity contribution in [2.75, 3.05) is 27.2 Å². The van der Waals surface area contributed by atoms with Gasteiger partial charge in [0.2, 0.25) is 0 Å². The number of nitrogens with zero attached hydrogens (tertiary/aromatic N) is 2.